The number of carbonyl (C=O) groups excluding carboxylic acids is 2. The first-order chi connectivity index (χ1) is 15.6. The van der Waals surface area contributed by atoms with Crippen LogP contribution >= 0.6 is 0 Å². The molecule has 2 heterocycles. The van der Waals surface area contributed by atoms with E-state index in [0.717, 1.165) is 0 Å². The summed E-state index contributed by atoms with van der Waals surface area (Å²) in [5.41, 5.74) is -2.40. The van der Waals surface area contributed by atoms with Gasteiger partial charge in [-0.05, 0) is 27.2 Å². The molecule has 1 saturated carbocycles. The van der Waals surface area contributed by atoms with Crippen LogP contribution in [0, 0.1) is 11.8 Å². The monoisotopic (exact) mass is 456 g/mol. The Morgan fingerprint density at radius 2 is 2.06 bits per heavy atom. The molecule has 0 amide bonds. The molecule has 4 unspecified atom stereocenters. The van der Waals surface area contributed by atoms with Crippen molar-refractivity contribution in [2.24, 2.45) is 11.8 Å². The molecule has 1 aromatic rings. The molecule has 1 spiro atoms. The van der Waals surface area contributed by atoms with Crippen molar-refractivity contribution < 1.29 is 38.7 Å². The van der Waals surface area contributed by atoms with E-state index in [1.54, 1.807) is 19.1 Å². The molecule has 2 fully saturated rings. The van der Waals surface area contributed by atoms with Crippen LogP contribution in [0.4, 0.5) is 0 Å². The van der Waals surface area contributed by atoms with Gasteiger partial charge >= 0.3 is 0 Å². The van der Waals surface area contributed by atoms with Crippen molar-refractivity contribution in [3.63, 3.8) is 0 Å². The van der Waals surface area contributed by atoms with Crippen molar-refractivity contribution in [3.8, 4) is 17.2 Å². The number of aliphatic hydroxyl groups excluding tert-OH is 1. The zero-order valence-corrected chi connectivity index (χ0v) is 19.1. The Morgan fingerprint density at radius 3 is 2.76 bits per heavy atom. The average Bonchev–Trinajstić information content (AvgIpc) is 2.92. The standard InChI is InChI=1S/C25H28O8/c1-13(11-26)5-6-24-22(29)14-7-16-21(28)20-17(27)9-15(31-12-30-4)10-18(20)32-25(16,24)19(8-14)23(2,3)33-24/h5,7,9-10,14,19,26-27H,6,8,11-12H2,1-4H3/b13-5+. The maximum absolute atomic E-state index is 13.8. The van der Waals surface area contributed by atoms with E-state index < -0.39 is 22.7 Å². The summed E-state index contributed by atoms with van der Waals surface area (Å²) >= 11 is 0. The molecule has 176 valence electrons. The lowest BCUT2D eigenvalue weighted by Crippen LogP contribution is -2.72. The summed E-state index contributed by atoms with van der Waals surface area (Å²) in [6.07, 6.45) is 4.15. The second-order valence-corrected chi connectivity index (χ2v) is 9.82. The highest BCUT2D eigenvalue weighted by atomic mass is 16.7. The number of hydrogen-bond acceptors (Lipinski definition) is 8. The van der Waals surface area contributed by atoms with Gasteiger partial charge < -0.3 is 29.2 Å². The van der Waals surface area contributed by atoms with Gasteiger partial charge in [0.1, 0.15) is 22.8 Å². The van der Waals surface area contributed by atoms with Crippen LogP contribution in [0.2, 0.25) is 0 Å². The number of rotatable bonds is 6. The molecule has 1 saturated heterocycles. The van der Waals surface area contributed by atoms with Gasteiger partial charge in [-0.1, -0.05) is 17.7 Å². The molecule has 3 aliphatic carbocycles. The van der Waals surface area contributed by atoms with Gasteiger partial charge in [0.15, 0.2) is 29.6 Å². The fraction of sp³-hybridized carbons (Fsp3) is 0.520. The van der Waals surface area contributed by atoms with Crippen molar-refractivity contribution in [1.29, 1.82) is 0 Å². The van der Waals surface area contributed by atoms with Gasteiger partial charge in [0.2, 0.25) is 0 Å². The first kappa shape index (κ1) is 22.1. The molecule has 0 aromatic heterocycles. The number of methoxy groups -OCH3 is 1. The third kappa shape index (κ3) is 2.74. The number of hydrogen-bond donors (Lipinski definition) is 2. The van der Waals surface area contributed by atoms with Crippen molar-refractivity contribution in [3.05, 3.63) is 41.0 Å². The lowest BCUT2D eigenvalue weighted by molar-refractivity contribution is -0.171. The molecule has 2 aliphatic heterocycles. The normalized spacial score (nSPS) is 33.4. The van der Waals surface area contributed by atoms with Gasteiger partial charge in [0.05, 0.1) is 12.2 Å². The van der Waals surface area contributed by atoms with Gasteiger partial charge in [-0.2, -0.15) is 0 Å². The first-order valence-corrected chi connectivity index (χ1v) is 11.1. The summed E-state index contributed by atoms with van der Waals surface area (Å²) < 4.78 is 23.6. The zero-order valence-electron chi connectivity index (χ0n) is 19.1. The van der Waals surface area contributed by atoms with Gasteiger partial charge in [0.25, 0.3) is 0 Å². The highest BCUT2D eigenvalue weighted by molar-refractivity contribution is 6.18. The third-order valence-electron chi connectivity index (χ3n) is 7.49. The molecular weight excluding hydrogens is 428 g/mol. The fourth-order valence-corrected chi connectivity index (χ4v) is 6.12. The fourth-order valence-electron chi connectivity index (χ4n) is 6.12. The van der Waals surface area contributed by atoms with E-state index in [2.05, 4.69) is 0 Å². The van der Waals surface area contributed by atoms with Gasteiger partial charge in [-0.3, -0.25) is 9.59 Å². The zero-order chi connectivity index (χ0) is 23.8. The highest BCUT2D eigenvalue weighted by Gasteiger charge is 2.81. The predicted molar refractivity (Wildman–Crippen MR) is 116 cm³/mol. The van der Waals surface area contributed by atoms with Crippen LogP contribution in [-0.4, -0.2) is 59.1 Å². The van der Waals surface area contributed by atoms with Crippen molar-refractivity contribution in [2.45, 2.75) is 50.4 Å². The Kier molecular flexibility index (Phi) is 4.80. The van der Waals surface area contributed by atoms with E-state index >= 15 is 0 Å². The number of Topliss-reactive ketones (excluding diaryl/α,β-unsaturated/α-hetero) is 2. The minimum atomic E-state index is -1.42. The molecule has 0 radical (unpaired) electrons. The van der Waals surface area contributed by atoms with Crippen LogP contribution in [0.5, 0.6) is 17.2 Å². The Labute approximate surface area is 191 Å². The summed E-state index contributed by atoms with van der Waals surface area (Å²) in [7, 11) is 1.48. The number of benzene rings is 1. The van der Waals surface area contributed by atoms with Crippen LogP contribution in [0.3, 0.4) is 0 Å². The molecule has 1 aromatic carbocycles. The third-order valence-corrected chi connectivity index (χ3v) is 7.49. The Morgan fingerprint density at radius 1 is 1.30 bits per heavy atom. The summed E-state index contributed by atoms with van der Waals surface area (Å²) in [6, 6.07) is 2.89. The number of phenolic OH excluding ortho intramolecular Hbond substituents is 1. The SMILES string of the molecule is COCOc1cc(O)c2c(c1)OC13C(=CC4CC1C(C)(C)OC3(C/C=C(\C)CO)C4=O)C2=O. The van der Waals surface area contributed by atoms with E-state index in [1.807, 2.05) is 13.8 Å². The second-order valence-electron chi connectivity index (χ2n) is 9.82. The van der Waals surface area contributed by atoms with Crippen LogP contribution < -0.4 is 9.47 Å². The second kappa shape index (κ2) is 7.16. The first-order valence-electron chi connectivity index (χ1n) is 11.1. The van der Waals surface area contributed by atoms with Crippen molar-refractivity contribution in [1.82, 2.24) is 0 Å². The molecule has 8 heteroatoms. The minimum Gasteiger partial charge on any atom is -0.507 e. The number of aliphatic hydroxyl groups is 1. The number of phenols is 1. The number of fused-ring (bicyclic) bond motifs is 1. The maximum atomic E-state index is 13.8. The Bertz CT molecular complexity index is 1120. The molecular formula is C25H28O8. The summed E-state index contributed by atoms with van der Waals surface area (Å²) in [5.74, 6) is -1.07. The van der Waals surface area contributed by atoms with E-state index in [4.69, 9.17) is 18.9 Å². The molecule has 4 bridgehead atoms. The molecule has 6 rings (SSSR count). The number of aromatic hydroxyl groups is 1. The smallest absolute Gasteiger partial charge is 0.200 e. The summed E-state index contributed by atoms with van der Waals surface area (Å²) in [4.78, 5) is 27.5. The summed E-state index contributed by atoms with van der Waals surface area (Å²) in [5, 5.41) is 20.2. The molecule has 5 aliphatic rings. The van der Waals surface area contributed by atoms with Crippen LogP contribution in [-0.2, 0) is 14.3 Å². The Balaban J connectivity index is 1.73. The van der Waals surface area contributed by atoms with E-state index in [-0.39, 0.29) is 60.1 Å². The van der Waals surface area contributed by atoms with Gasteiger partial charge in [0, 0.05) is 43.1 Å². The molecule has 33 heavy (non-hydrogen) atoms. The lowest BCUT2D eigenvalue weighted by Gasteiger charge is -2.56. The lowest BCUT2D eigenvalue weighted by atomic mass is 9.51. The number of allylic oxidation sites excluding steroid dienone is 1. The van der Waals surface area contributed by atoms with Crippen molar-refractivity contribution >= 4 is 11.6 Å². The predicted octanol–water partition coefficient (Wildman–Crippen LogP) is 2.71. The molecule has 2 N–H and O–H groups in total. The maximum Gasteiger partial charge on any atom is 0.200 e. The van der Waals surface area contributed by atoms with Crippen LogP contribution in [0.15, 0.2) is 35.4 Å². The average molecular weight is 456 g/mol. The van der Waals surface area contributed by atoms with E-state index in [9.17, 15) is 19.8 Å². The van der Waals surface area contributed by atoms with Crippen LogP contribution in [0.25, 0.3) is 0 Å². The van der Waals surface area contributed by atoms with E-state index in [0.29, 0.717) is 17.6 Å². The van der Waals surface area contributed by atoms with Crippen LogP contribution in [0.1, 0.15) is 44.0 Å². The molecule has 4 atom stereocenters. The number of carbonyl (C=O) groups is 2. The topological polar surface area (TPSA) is 112 Å². The van der Waals surface area contributed by atoms with Crippen molar-refractivity contribution in [2.75, 3.05) is 20.5 Å². The molecule has 8 nitrogen and oxygen atoms in total. The number of ketones is 2. The number of ether oxygens (including phenoxy) is 4. The van der Waals surface area contributed by atoms with E-state index in [1.165, 1.54) is 19.2 Å². The van der Waals surface area contributed by atoms with Gasteiger partial charge in [-0.25, -0.2) is 0 Å². The Hall–Kier alpha value is -2.68. The van der Waals surface area contributed by atoms with Gasteiger partial charge in [-0.15, -0.1) is 0 Å². The quantitative estimate of drug-likeness (QED) is 0.497. The minimum absolute atomic E-state index is 0.0451. The summed E-state index contributed by atoms with van der Waals surface area (Å²) in [6.45, 7) is 5.42. The highest BCUT2D eigenvalue weighted by Crippen LogP contribution is 2.67. The largest absolute Gasteiger partial charge is 0.507 e.